The maximum Gasteiger partial charge on any atom is 0.337 e. The molecule has 1 aromatic heterocycles. The van der Waals surface area contributed by atoms with Crippen molar-refractivity contribution in [2.75, 3.05) is 11.1 Å². The zero-order valence-electron chi connectivity index (χ0n) is 15.4. The smallest absolute Gasteiger partial charge is 0.337 e. The van der Waals surface area contributed by atoms with Crippen molar-refractivity contribution in [3.63, 3.8) is 0 Å². The normalized spacial score (nSPS) is 11.6. The number of carboxylic acids is 1. The molecule has 1 amide bonds. The molecule has 0 saturated heterocycles. The Kier molecular flexibility index (Phi) is 5.69. The van der Waals surface area contributed by atoms with Gasteiger partial charge in [0.15, 0.2) is 0 Å². The van der Waals surface area contributed by atoms with E-state index in [9.17, 15) is 14.7 Å². The highest BCUT2D eigenvalue weighted by atomic mass is 16.4. The summed E-state index contributed by atoms with van der Waals surface area (Å²) < 4.78 is 0. The number of nitrogens with one attached hydrogen (secondary N) is 1. The van der Waals surface area contributed by atoms with E-state index in [2.05, 4.69) is 10.3 Å². The third-order valence-corrected chi connectivity index (χ3v) is 4.44. The van der Waals surface area contributed by atoms with Crippen molar-refractivity contribution in [1.82, 2.24) is 4.98 Å². The molecule has 0 spiro atoms. The highest BCUT2D eigenvalue weighted by Crippen LogP contribution is 2.21. The van der Waals surface area contributed by atoms with Crippen LogP contribution in [0.5, 0.6) is 0 Å². The molecular weight excluding hydrogens is 354 g/mol. The number of nitrogens with zero attached hydrogens (tertiary/aromatic N) is 1. The number of para-hydroxylation sites is 1. The monoisotopic (exact) mass is 375 g/mol. The van der Waals surface area contributed by atoms with E-state index in [-0.39, 0.29) is 17.4 Å². The van der Waals surface area contributed by atoms with Crippen molar-refractivity contribution < 1.29 is 14.7 Å². The lowest BCUT2D eigenvalue weighted by Crippen LogP contribution is -2.23. The van der Waals surface area contributed by atoms with Gasteiger partial charge >= 0.3 is 5.97 Å². The van der Waals surface area contributed by atoms with Gasteiger partial charge in [-0.2, -0.15) is 0 Å². The molecule has 4 N–H and O–H groups in total. The van der Waals surface area contributed by atoms with Crippen LogP contribution in [-0.2, 0) is 11.2 Å². The van der Waals surface area contributed by atoms with Crippen molar-refractivity contribution in [3.8, 4) is 11.3 Å². The van der Waals surface area contributed by atoms with Crippen molar-refractivity contribution in [2.24, 2.45) is 5.92 Å². The zero-order chi connectivity index (χ0) is 20.1. The van der Waals surface area contributed by atoms with Crippen LogP contribution in [-0.4, -0.2) is 22.0 Å². The van der Waals surface area contributed by atoms with Crippen LogP contribution in [0.25, 0.3) is 11.3 Å². The number of anilines is 2. The first-order valence-corrected chi connectivity index (χ1v) is 8.88. The maximum atomic E-state index is 12.5. The Morgan fingerprint density at radius 2 is 1.79 bits per heavy atom. The van der Waals surface area contributed by atoms with E-state index in [1.54, 1.807) is 30.5 Å². The van der Waals surface area contributed by atoms with Gasteiger partial charge in [0.05, 0.1) is 28.8 Å². The average molecular weight is 375 g/mol. The zero-order valence-corrected chi connectivity index (χ0v) is 15.4. The van der Waals surface area contributed by atoms with Crippen LogP contribution in [0, 0.1) is 5.92 Å². The van der Waals surface area contributed by atoms with E-state index in [1.165, 1.54) is 6.07 Å². The number of pyridine rings is 1. The fourth-order valence-electron chi connectivity index (χ4n) is 2.87. The van der Waals surface area contributed by atoms with Gasteiger partial charge in [-0.15, -0.1) is 0 Å². The summed E-state index contributed by atoms with van der Waals surface area (Å²) in [4.78, 5) is 28.1. The van der Waals surface area contributed by atoms with Crippen LogP contribution in [0.15, 0.2) is 66.9 Å². The summed E-state index contributed by atoms with van der Waals surface area (Å²) in [6.07, 6.45) is 2.15. The first-order chi connectivity index (χ1) is 13.4. The van der Waals surface area contributed by atoms with Crippen LogP contribution in [0.3, 0.4) is 0 Å². The van der Waals surface area contributed by atoms with Gasteiger partial charge in [-0.3, -0.25) is 9.78 Å². The summed E-state index contributed by atoms with van der Waals surface area (Å²) in [5, 5.41) is 11.9. The fraction of sp³-hybridized carbons (Fsp3) is 0.136. The minimum atomic E-state index is -1.07. The molecule has 0 fully saturated rings. The van der Waals surface area contributed by atoms with Gasteiger partial charge in [0.25, 0.3) is 0 Å². The SMILES string of the molecule is CC(Cc1ccc(-c2ccc(N)cn2)cc1)C(=O)Nc1ccccc1C(=O)O. The Morgan fingerprint density at radius 3 is 2.43 bits per heavy atom. The molecule has 1 unspecified atom stereocenters. The standard InChI is InChI=1S/C22H21N3O3/c1-14(21(26)25-20-5-3-2-4-18(20)22(27)28)12-15-6-8-16(9-7-15)19-11-10-17(23)13-24-19/h2-11,13-14H,12,23H2,1H3,(H,25,26)(H,27,28). The molecule has 3 aromatic rings. The molecule has 0 bridgehead atoms. The number of rotatable bonds is 6. The molecule has 1 atom stereocenters. The summed E-state index contributed by atoms with van der Waals surface area (Å²) in [7, 11) is 0. The highest BCUT2D eigenvalue weighted by Gasteiger charge is 2.17. The van der Waals surface area contributed by atoms with Crippen LogP contribution in [0.1, 0.15) is 22.8 Å². The van der Waals surface area contributed by atoms with Gasteiger partial charge in [-0.1, -0.05) is 43.3 Å². The van der Waals surface area contributed by atoms with Crippen LogP contribution < -0.4 is 11.1 Å². The molecule has 2 aromatic carbocycles. The lowest BCUT2D eigenvalue weighted by Gasteiger charge is -2.14. The highest BCUT2D eigenvalue weighted by molar-refractivity contribution is 6.01. The topological polar surface area (TPSA) is 105 Å². The van der Waals surface area contributed by atoms with Gasteiger partial charge in [-0.05, 0) is 36.2 Å². The van der Waals surface area contributed by atoms with E-state index >= 15 is 0 Å². The molecule has 142 valence electrons. The number of hydrogen-bond donors (Lipinski definition) is 3. The van der Waals surface area contributed by atoms with Gasteiger partial charge in [0.1, 0.15) is 0 Å². The Bertz CT molecular complexity index is 983. The molecule has 0 aliphatic rings. The number of hydrogen-bond acceptors (Lipinski definition) is 4. The summed E-state index contributed by atoms with van der Waals surface area (Å²) in [6, 6.07) is 17.9. The molecule has 1 heterocycles. The lowest BCUT2D eigenvalue weighted by atomic mass is 9.98. The molecule has 0 radical (unpaired) electrons. The first kappa shape index (κ1) is 19.1. The number of carboxylic acid groups (broad SMARTS) is 1. The van der Waals surface area contributed by atoms with E-state index in [0.29, 0.717) is 17.8 Å². The Balaban J connectivity index is 1.66. The quantitative estimate of drug-likeness (QED) is 0.607. The van der Waals surface area contributed by atoms with Crippen molar-refractivity contribution in [2.45, 2.75) is 13.3 Å². The van der Waals surface area contributed by atoms with Gasteiger partial charge in [-0.25, -0.2) is 4.79 Å². The molecule has 3 rings (SSSR count). The predicted octanol–water partition coefficient (Wildman–Crippen LogP) is 3.85. The summed E-state index contributed by atoms with van der Waals surface area (Å²) in [6.45, 7) is 1.81. The number of amides is 1. The Labute approximate surface area is 163 Å². The second-order valence-corrected chi connectivity index (χ2v) is 6.62. The fourth-order valence-corrected chi connectivity index (χ4v) is 2.87. The van der Waals surface area contributed by atoms with Crippen LogP contribution in [0.4, 0.5) is 11.4 Å². The molecule has 0 aliphatic heterocycles. The first-order valence-electron chi connectivity index (χ1n) is 8.88. The summed E-state index contributed by atoms with van der Waals surface area (Å²) in [5.41, 5.74) is 9.46. The van der Waals surface area contributed by atoms with Gasteiger partial charge in [0.2, 0.25) is 5.91 Å². The summed E-state index contributed by atoms with van der Waals surface area (Å²) in [5.74, 6) is -1.62. The minimum Gasteiger partial charge on any atom is -0.478 e. The lowest BCUT2D eigenvalue weighted by molar-refractivity contribution is -0.119. The van der Waals surface area contributed by atoms with E-state index in [4.69, 9.17) is 5.73 Å². The molecule has 6 nitrogen and oxygen atoms in total. The minimum absolute atomic E-state index is 0.0726. The largest absolute Gasteiger partial charge is 0.478 e. The molecule has 28 heavy (non-hydrogen) atoms. The second kappa shape index (κ2) is 8.35. The van der Waals surface area contributed by atoms with Gasteiger partial charge in [0, 0.05) is 11.5 Å². The molecule has 6 heteroatoms. The number of benzene rings is 2. The third-order valence-electron chi connectivity index (χ3n) is 4.44. The van der Waals surface area contributed by atoms with Gasteiger partial charge < -0.3 is 16.2 Å². The van der Waals surface area contributed by atoms with E-state index in [1.807, 2.05) is 37.3 Å². The molecular formula is C22H21N3O3. The Morgan fingerprint density at radius 1 is 1.07 bits per heavy atom. The number of nitrogens with two attached hydrogens (primary N) is 1. The summed E-state index contributed by atoms with van der Waals surface area (Å²) >= 11 is 0. The second-order valence-electron chi connectivity index (χ2n) is 6.62. The van der Waals surface area contributed by atoms with Crippen LogP contribution in [0.2, 0.25) is 0 Å². The maximum absolute atomic E-state index is 12.5. The number of aromatic carboxylic acids is 1. The van der Waals surface area contributed by atoms with E-state index in [0.717, 1.165) is 16.8 Å². The predicted molar refractivity (Wildman–Crippen MR) is 109 cm³/mol. The average Bonchev–Trinajstić information content (AvgIpc) is 2.69. The van der Waals surface area contributed by atoms with Crippen molar-refractivity contribution >= 4 is 23.3 Å². The van der Waals surface area contributed by atoms with Crippen molar-refractivity contribution in [1.29, 1.82) is 0 Å². The number of aromatic nitrogens is 1. The Hall–Kier alpha value is -3.67. The van der Waals surface area contributed by atoms with Crippen molar-refractivity contribution in [3.05, 3.63) is 78.0 Å². The van der Waals surface area contributed by atoms with Crippen LogP contribution >= 0.6 is 0 Å². The number of carbonyl (C=O) groups is 2. The molecule has 0 aliphatic carbocycles. The number of nitrogen functional groups attached to an aromatic ring is 1. The third kappa shape index (κ3) is 4.54. The number of carbonyl (C=O) groups excluding carboxylic acids is 1. The molecule has 0 saturated carbocycles. The van der Waals surface area contributed by atoms with E-state index < -0.39 is 5.97 Å².